The van der Waals surface area contributed by atoms with Gasteiger partial charge in [0.05, 0.1) is 11.4 Å². The zero-order valence-electron chi connectivity index (χ0n) is 15.1. The summed E-state index contributed by atoms with van der Waals surface area (Å²) in [6.45, 7) is 12.8. The Kier molecular flexibility index (Phi) is 3.70. The fraction of sp³-hybridized carbons (Fsp3) is 0.474. The fourth-order valence-corrected chi connectivity index (χ4v) is 3.40. The van der Waals surface area contributed by atoms with E-state index in [4.69, 9.17) is 0 Å². The Morgan fingerprint density at radius 2 is 1.88 bits per heavy atom. The number of hydrogen-bond donors (Lipinski definition) is 1. The van der Waals surface area contributed by atoms with Crippen LogP contribution in [0.5, 0.6) is 0 Å². The molecular formula is C19H24N4O. The van der Waals surface area contributed by atoms with E-state index in [1.807, 2.05) is 6.07 Å². The highest BCUT2D eigenvalue weighted by atomic mass is 16.1. The number of nitrogens with zero attached hydrogens (tertiary/aromatic N) is 3. The van der Waals surface area contributed by atoms with Gasteiger partial charge < -0.3 is 5.32 Å². The maximum atomic E-state index is 11.1. The molecule has 0 aromatic carbocycles. The molecule has 0 unspecified atom stereocenters. The number of pyridine rings is 1. The first kappa shape index (κ1) is 16.6. The van der Waals surface area contributed by atoms with Crippen molar-refractivity contribution in [2.75, 3.05) is 5.32 Å². The van der Waals surface area contributed by atoms with Gasteiger partial charge >= 0.3 is 0 Å². The molecule has 0 aliphatic heterocycles. The second-order valence-corrected chi connectivity index (χ2v) is 7.72. The van der Waals surface area contributed by atoms with Crippen molar-refractivity contribution >= 4 is 11.7 Å². The lowest BCUT2D eigenvalue weighted by atomic mass is 9.66. The molecule has 1 atom stereocenters. The minimum atomic E-state index is -0.133. The molecule has 1 amide bonds. The molecule has 0 saturated heterocycles. The Labute approximate surface area is 142 Å². The number of amides is 1. The second kappa shape index (κ2) is 5.36. The summed E-state index contributed by atoms with van der Waals surface area (Å²) in [6, 6.07) is 5.83. The molecule has 0 radical (unpaired) electrons. The first-order valence-electron chi connectivity index (χ1n) is 8.26. The van der Waals surface area contributed by atoms with Gasteiger partial charge in [0.1, 0.15) is 5.82 Å². The average Bonchev–Trinajstić information content (AvgIpc) is 2.65. The number of rotatable bonds is 2. The Bertz CT molecular complexity index is 794. The van der Waals surface area contributed by atoms with Crippen LogP contribution >= 0.6 is 0 Å². The van der Waals surface area contributed by atoms with Gasteiger partial charge in [0, 0.05) is 24.1 Å². The lowest BCUT2D eigenvalue weighted by Gasteiger charge is -2.37. The third-order valence-electron chi connectivity index (χ3n) is 5.94. The Morgan fingerprint density at radius 3 is 2.46 bits per heavy atom. The van der Waals surface area contributed by atoms with E-state index in [0.29, 0.717) is 11.7 Å². The van der Waals surface area contributed by atoms with Crippen LogP contribution < -0.4 is 5.32 Å². The first-order valence-corrected chi connectivity index (χ1v) is 8.26. The Morgan fingerprint density at radius 1 is 1.17 bits per heavy atom. The summed E-state index contributed by atoms with van der Waals surface area (Å²) in [5.74, 6) is 0.810. The molecule has 2 aromatic rings. The quantitative estimate of drug-likeness (QED) is 0.909. The van der Waals surface area contributed by atoms with Gasteiger partial charge in [0.25, 0.3) is 0 Å². The van der Waals surface area contributed by atoms with Crippen molar-refractivity contribution in [3.05, 3.63) is 35.7 Å². The number of fused-ring (bicyclic) bond motifs is 1. The van der Waals surface area contributed by atoms with Gasteiger partial charge in [-0.1, -0.05) is 34.6 Å². The summed E-state index contributed by atoms with van der Waals surface area (Å²) in [5.41, 5.74) is 4.18. The monoisotopic (exact) mass is 324 g/mol. The van der Waals surface area contributed by atoms with Gasteiger partial charge in [0.2, 0.25) is 5.91 Å². The Hall–Kier alpha value is -2.30. The van der Waals surface area contributed by atoms with Crippen molar-refractivity contribution in [1.29, 1.82) is 0 Å². The van der Waals surface area contributed by atoms with Crippen LogP contribution in [0.2, 0.25) is 0 Å². The molecule has 3 rings (SSSR count). The van der Waals surface area contributed by atoms with E-state index in [2.05, 4.69) is 61.2 Å². The number of anilines is 1. The van der Waals surface area contributed by atoms with Gasteiger partial charge in [-0.25, -0.2) is 4.98 Å². The molecule has 1 aliphatic rings. The van der Waals surface area contributed by atoms with Crippen LogP contribution in [0.3, 0.4) is 0 Å². The molecule has 0 bridgehead atoms. The van der Waals surface area contributed by atoms with Gasteiger partial charge in [-0.2, -0.15) is 10.2 Å². The van der Waals surface area contributed by atoms with Crippen molar-refractivity contribution in [2.24, 2.45) is 5.41 Å². The zero-order chi connectivity index (χ0) is 17.7. The predicted octanol–water partition coefficient (Wildman–Crippen LogP) is 3.92. The molecule has 0 saturated carbocycles. The van der Waals surface area contributed by atoms with Gasteiger partial charge in [-0.05, 0) is 35.1 Å². The molecule has 1 N–H and O–H groups in total. The maximum Gasteiger partial charge on any atom is 0.222 e. The lowest BCUT2D eigenvalue weighted by Crippen LogP contribution is -2.34. The zero-order valence-corrected chi connectivity index (χ0v) is 15.1. The van der Waals surface area contributed by atoms with Crippen LogP contribution in [0.1, 0.15) is 58.7 Å². The van der Waals surface area contributed by atoms with E-state index in [0.717, 1.165) is 17.0 Å². The summed E-state index contributed by atoms with van der Waals surface area (Å²) in [7, 11) is 0. The van der Waals surface area contributed by atoms with E-state index < -0.39 is 0 Å². The van der Waals surface area contributed by atoms with E-state index in [9.17, 15) is 4.79 Å². The van der Waals surface area contributed by atoms with Crippen molar-refractivity contribution in [1.82, 2.24) is 15.2 Å². The van der Waals surface area contributed by atoms with Crippen LogP contribution in [0.25, 0.3) is 11.3 Å². The standard InChI is InChI=1S/C19H24N4O/c1-11-14-9-15(13-7-8-16(20-10-13)21-12(2)24)22-23-17(14)19(5,6)18(11,3)4/h7-11H,1-6H3,(H,20,21,24)/t11-/m0/s1. The normalized spacial score (nSPS) is 20.5. The van der Waals surface area contributed by atoms with Crippen LogP contribution in [-0.2, 0) is 10.2 Å². The summed E-state index contributed by atoms with van der Waals surface area (Å²) in [6.07, 6.45) is 1.72. The minimum Gasteiger partial charge on any atom is -0.311 e. The molecule has 1 aliphatic carbocycles. The number of aromatic nitrogens is 3. The molecule has 2 heterocycles. The summed E-state index contributed by atoms with van der Waals surface area (Å²) in [5, 5.41) is 11.7. The molecule has 126 valence electrons. The maximum absolute atomic E-state index is 11.1. The largest absolute Gasteiger partial charge is 0.311 e. The highest BCUT2D eigenvalue weighted by molar-refractivity contribution is 5.87. The second-order valence-electron chi connectivity index (χ2n) is 7.72. The predicted molar refractivity (Wildman–Crippen MR) is 94.8 cm³/mol. The highest BCUT2D eigenvalue weighted by Crippen LogP contribution is 2.57. The Balaban J connectivity index is 1.99. The van der Waals surface area contributed by atoms with Gasteiger partial charge in [0.15, 0.2) is 0 Å². The first-order chi connectivity index (χ1) is 11.1. The van der Waals surface area contributed by atoms with Crippen LogP contribution in [0, 0.1) is 5.41 Å². The lowest BCUT2D eigenvalue weighted by molar-refractivity contribution is -0.114. The van der Waals surface area contributed by atoms with Crippen molar-refractivity contribution in [3.63, 3.8) is 0 Å². The topological polar surface area (TPSA) is 67.8 Å². The number of carbonyl (C=O) groups excluding carboxylic acids is 1. The van der Waals surface area contributed by atoms with E-state index in [1.165, 1.54) is 12.5 Å². The van der Waals surface area contributed by atoms with Crippen molar-refractivity contribution < 1.29 is 4.79 Å². The molecule has 0 spiro atoms. The van der Waals surface area contributed by atoms with Gasteiger partial charge in [-0.3, -0.25) is 4.79 Å². The van der Waals surface area contributed by atoms with Gasteiger partial charge in [-0.15, -0.1) is 0 Å². The molecule has 0 fully saturated rings. The minimum absolute atomic E-state index is 0.0131. The summed E-state index contributed by atoms with van der Waals surface area (Å²) < 4.78 is 0. The van der Waals surface area contributed by atoms with E-state index in [1.54, 1.807) is 12.3 Å². The van der Waals surface area contributed by atoms with Crippen LogP contribution in [0.15, 0.2) is 24.4 Å². The molecule has 2 aromatic heterocycles. The smallest absolute Gasteiger partial charge is 0.222 e. The molecule has 24 heavy (non-hydrogen) atoms. The molecular weight excluding hydrogens is 300 g/mol. The third-order valence-corrected chi connectivity index (χ3v) is 5.94. The molecule has 5 nitrogen and oxygen atoms in total. The fourth-order valence-electron chi connectivity index (χ4n) is 3.40. The van der Waals surface area contributed by atoms with Crippen LogP contribution in [0.4, 0.5) is 5.82 Å². The van der Waals surface area contributed by atoms with Crippen LogP contribution in [-0.4, -0.2) is 21.1 Å². The SMILES string of the molecule is CC(=O)Nc1ccc(-c2cc3c(nn2)C(C)(C)C(C)(C)[C@H]3C)cn1. The molecule has 5 heteroatoms. The number of carbonyl (C=O) groups is 1. The van der Waals surface area contributed by atoms with E-state index >= 15 is 0 Å². The number of nitrogens with one attached hydrogen (secondary N) is 1. The third kappa shape index (κ3) is 2.39. The van der Waals surface area contributed by atoms with Crippen molar-refractivity contribution in [3.8, 4) is 11.3 Å². The van der Waals surface area contributed by atoms with E-state index in [-0.39, 0.29) is 16.7 Å². The highest BCUT2D eigenvalue weighted by Gasteiger charge is 2.51. The summed E-state index contributed by atoms with van der Waals surface area (Å²) in [4.78, 5) is 15.3. The summed E-state index contributed by atoms with van der Waals surface area (Å²) >= 11 is 0. The average molecular weight is 324 g/mol. The number of hydrogen-bond acceptors (Lipinski definition) is 4. The van der Waals surface area contributed by atoms with Crippen molar-refractivity contribution in [2.45, 2.75) is 52.9 Å².